The van der Waals surface area contributed by atoms with Crippen LogP contribution in [0.3, 0.4) is 0 Å². The Morgan fingerprint density at radius 1 is 0.500 bits per heavy atom. The maximum Gasteiger partial charge on any atom is 0.159 e. The van der Waals surface area contributed by atoms with Gasteiger partial charge >= 0.3 is 0 Å². The molecule has 20 heteroatoms. The standard InChI is InChI=1S/2C25H37N3O4.C24H37N3O3/c1-4-32-22-13-24(2)15(11-19(22)29)5-6-16-17-7-8-18(21(31)14-28-10-9-26-27-28)25(17,3)12-20(30)23(16)24;1-4-32-22-13-24(2)15(11-19(22)29)5-6-16-17-7-8-18(21(31)14-28-26-9-10-27-28)25(17,3)12-20(30)23(16)24;1-23-9-8-16(28)12-15(23)4-5-17-18-6-7-19(20(29)14-27-11-10-25-26-27)24(18,2)13-21(30-3)22(17)23/h2*9-10,15-19,22-23,29H,4-8,11-14H2,1-3H3;10-11,15-19,21-22,28H,4-9,12-14H2,1-3H3/t2*15-,16-,17-,18+,19-,22-,23+,24-,25-;15-,16+,17-,18-,19+,21-,22+,23-,24-/m000/s1. The molecule has 27 atom stereocenters. The number of hydrogen-bond donors (Lipinski definition) is 3. The van der Waals surface area contributed by atoms with Gasteiger partial charge in [0, 0.05) is 75.1 Å². The number of Topliss-reactive ketones (excluding diaryl/α,β-unsaturated/α-hetero) is 5. The van der Waals surface area contributed by atoms with Gasteiger partial charge in [0.15, 0.2) is 17.3 Å². The maximum atomic E-state index is 13.8. The van der Waals surface area contributed by atoms with Crippen LogP contribution in [0.1, 0.15) is 197 Å². The summed E-state index contributed by atoms with van der Waals surface area (Å²) in [7, 11) is 1.87. The Morgan fingerprint density at radius 3 is 1.37 bits per heavy atom. The molecule has 12 fully saturated rings. The second-order valence-corrected chi connectivity index (χ2v) is 33.9. The second-order valence-electron chi connectivity index (χ2n) is 33.9. The summed E-state index contributed by atoms with van der Waals surface area (Å²) in [5.74, 6) is 5.90. The van der Waals surface area contributed by atoms with Gasteiger partial charge < -0.3 is 29.5 Å². The molecule has 3 aromatic heterocycles. The molecular formula is C74H111N9O11. The SMILES string of the molecule is CCO[C@H]1C[C@@]2(C)[C@@H](CC[C@H]3[C@@H]4CC[C@H](C(=O)Cn5ccnn5)[C@@]4(C)CC(=O)[C@@H]32)C[C@@H]1O.CCO[C@H]1C[C@@]2(C)[C@@H](CC[C@H]3[C@@H]4CC[C@H](C(=O)Cn5nccn5)[C@@]4(C)CC(=O)[C@@H]32)C[C@@H]1O.CO[C@H]1C[C@]2(C)[C@@H](C(=O)Cn3ccnn3)CC[C@H]2[C@@H]2CC[C@H]3C[C@H](O)CC[C@]3(C)[C@H]21. The summed E-state index contributed by atoms with van der Waals surface area (Å²) >= 11 is 0. The van der Waals surface area contributed by atoms with Crippen LogP contribution in [0.5, 0.6) is 0 Å². The van der Waals surface area contributed by atoms with E-state index in [2.05, 4.69) is 72.4 Å². The second kappa shape index (κ2) is 26.3. The number of methoxy groups -OCH3 is 1. The van der Waals surface area contributed by atoms with Gasteiger partial charge in [-0.1, -0.05) is 52.0 Å². The highest BCUT2D eigenvalue weighted by atomic mass is 16.5. The number of ether oxygens (including phenoxy) is 3. The highest BCUT2D eigenvalue weighted by Crippen LogP contribution is 2.71. The van der Waals surface area contributed by atoms with E-state index in [1.165, 1.54) is 17.6 Å². The van der Waals surface area contributed by atoms with Crippen molar-refractivity contribution in [1.29, 1.82) is 0 Å². The Bertz CT molecular complexity index is 3040. The van der Waals surface area contributed by atoms with Crippen molar-refractivity contribution in [2.75, 3.05) is 20.3 Å². The number of aliphatic hydroxyl groups is 3. The van der Waals surface area contributed by atoms with Gasteiger partial charge in [0.2, 0.25) is 0 Å². The molecule has 0 saturated heterocycles. The lowest BCUT2D eigenvalue weighted by Crippen LogP contribution is -2.60. The summed E-state index contributed by atoms with van der Waals surface area (Å²) in [5.41, 5.74) is -0.500. The predicted octanol–water partition coefficient (Wildman–Crippen LogP) is 9.61. The molecule has 15 rings (SSSR count). The van der Waals surface area contributed by atoms with Crippen molar-refractivity contribution in [3.05, 3.63) is 37.2 Å². The molecule has 0 aliphatic heterocycles. The first kappa shape index (κ1) is 68.1. The van der Waals surface area contributed by atoms with Gasteiger partial charge in [-0.3, -0.25) is 24.0 Å². The molecule has 3 N–H and O–H groups in total. The fraction of sp³-hybridized carbons (Fsp3) is 0.851. The fourth-order valence-corrected chi connectivity index (χ4v) is 25.8. The number of fused-ring (bicyclic) bond motifs is 15. The molecule has 0 radical (unpaired) electrons. The van der Waals surface area contributed by atoms with E-state index in [4.69, 9.17) is 14.2 Å². The molecule has 0 unspecified atom stereocenters. The predicted molar refractivity (Wildman–Crippen MR) is 347 cm³/mol. The van der Waals surface area contributed by atoms with Gasteiger partial charge in [-0.2, -0.15) is 15.0 Å². The number of aliphatic hydroxyl groups excluding tert-OH is 3. The molecule has 94 heavy (non-hydrogen) atoms. The maximum absolute atomic E-state index is 13.8. The Hall–Kier alpha value is -4.47. The molecule has 12 aliphatic carbocycles. The van der Waals surface area contributed by atoms with Gasteiger partial charge in [-0.15, -0.1) is 10.2 Å². The topological polar surface area (TPSA) is 266 Å². The van der Waals surface area contributed by atoms with Crippen LogP contribution in [0, 0.1) is 121 Å². The number of rotatable bonds is 14. The van der Waals surface area contributed by atoms with E-state index >= 15 is 0 Å². The smallest absolute Gasteiger partial charge is 0.159 e. The Labute approximate surface area is 556 Å². The fourth-order valence-electron chi connectivity index (χ4n) is 25.8. The third-order valence-electron chi connectivity index (χ3n) is 29.8. The van der Waals surface area contributed by atoms with Crippen molar-refractivity contribution in [2.45, 2.75) is 253 Å². The van der Waals surface area contributed by atoms with E-state index in [9.17, 15) is 39.3 Å². The number of hydrogen-bond acceptors (Lipinski definition) is 17. The molecule has 3 aromatic rings. The minimum absolute atomic E-state index is 0.0108. The third kappa shape index (κ3) is 11.6. The van der Waals surface area contributed by atoms with Gasteiger partial charge in [-0.05, 0) is 234 Å². The molecular weight excluding hydrogens is 1190 g/mol. The third-order valence-corrected chi connectivity index (χ3v) is 29.8. The molecule has 0 aromatic carbocycles. The average Bonchev–Trinajstić information content (AvgIpc) is 1.29. The van der Waals surface area contributed by atoms with Crippen LogP contribution < -0.4 is 0 Å². The Kier molecular flexibility index (Phi) is 19.1. The largest absolute Gasteiger partial charge is 0.393 e. The number of carbonyl (C=O) groups excluding carboxylic acids is 5. The molecule has 20 nitrogen and oxygen atoms in total. The van der Waals surface area contributed by atoms with Crippen molar-refractivity contribution in [3.8, 4) is 0 Å². The Morgan fingerprint density at radius 2 is 0.926 bits per heavy atom. The zero-order valence-corrected chi connectivity index (χ0v) is 57.8. The van der Waals surface area contributed by atoms with Crippen LogP contribution in [-0.4, -0.2) is 146 Å². The van der Waals surface area contributed by atoms with E-state index in [1.807, 2.05) is 21.0 Å². The summed E-state index contributed by atoms with van der Waals surface area (Å²) < 4.78 is 21.3. The quantitative estimate of drug-likeness (QED) is 0.136. The lowest BCUT2D eigenvalue weighted by molar-refractivity contribution is -0.186. The number of carbonyl (C=O) groups is 5. The summed E-state index contributed by atoms with van der Waals surface area (Å²) in [6, 6.07) is 0. The van der Waals surface area contributed by atoms with Gasteiger partial charge in [-0.25, -0.2) is 9.36 Å². The lowest BCUT2D eigenvalue weighted by atomic mass is 9.43. The van der Waals surface area contributed by atoms with Crippen molar-refractivity contribution in [2.24, 2.45) is 121 Å². The minimum atomic E-state index is -0.432. The molecule has 518 valence electrons. The van der Waals surface area contributed by atoms with Crippen molar-refractivity contribution >= 4 is 28.9 Å². The van der Waals surface area contributed by atoms with E-state index < -0.39 is 12.2 Å². The summed E-state index contributed by atoms with van der Waals surface area (Å²) in [6.07, 6.45) is 29.3. The van der Waals surface area contributed by atoms with Crippen molar-refractivity contribution in [3.63, 3.8) is 0 Å². The van der Waals surface area contributed by atoms with Crippen LogP contribution in [0.2, 0.25) is 0 Å². The Balaban J connectivity index is 0.000000128. The molecule has 0 bridgehead atoms. The van der Waals surface area contributed by atoms with Crippen LogP contribution in [0.25, 0.3) is 0 Å². The first-order valence-electron chi connectivity index (χ1n) is 36.9. The van der Waals surface area contributed by atoms with Gasteiger partial charge in [0.05, 0.1) is 61.4 Å². The molecule has 12 aliphatic rings. The van der Waals surface area contributed by atoms with Crippen molar-refractivity contribution in [1.82, 2.24) is 45.0 Å². The van der Waals surface area contributed by atoms with E-state index in [1.54, 1.807) is 46.5 Å². The lowest BCUT2D eigenvalue weighted by Gasteiger charge is -2.62. The average molecular weight is 1300 g/mol. The van der Waals surface area contributed by atoms with Crippen molar-refractivity contribution < 1.29 is 53.5 Å². The first-order valence-corrected chi connectivity index (χ1v) is 36.9. The zero-order valence-electron chi connectivity index (χ0n) is 57.8. The van der Waals surface area contributed by atoms with E-state index in [0.717, 1.165) is 116 Å². The monoisotopic (exact) mass is 1300 g/mol. The minimum Gasteiger partial charge on any atom is -0.393 e. The highest BCUT2D eigenvalue weighted by molar-refractivity contribution is 5.89. The summed E-state index contributed by atoms with van der Waals surface area (Å²) in [6.45, 7) is 19.7. The van der Waals surface area contributed by atoms with E-state index in [0.29, 0.717) is 109 Å². The normalized spacial score (nSPS) is 46.4. The first-order chi connectivity index (χ1) is 44.9. The number of ketones is 5. The van der Waals surface area contributed by atoms with Crippen LogP contribution in [-0.2, 0) is 57.8 Å². The van der Waals surface area contributed by atoms with E-state index in [-0.39, 0.29) is 111 Å². The van der Waals surface area contributed by atoms with Crippen LogP contribution in [0.4, 0.5) is 0 Å². The molecule has 3 heterocycles. The molecule has 12 saturated carbocycles. The van der Waals surface area contributed by atoms with Gasteiger partial charge in [0.25, 0.3) is 0 Å². The summed E-state index contributed by atoms with van der Waals surface area (Å²) in [5, 5.41) is 55.4. The molecule has 0 amide bonds. The highest BCUT2D eigenvalue weighted by Gasteiger charge is 2.68. The number of aromatic nitrogens is 9. The van der Waals surface area contributed by atoms with Crippen LogP contribution in [0.15, 0.2) is 37.2 Å². The van der Waals surface area contributed by atoms with Gasteiger partial charge in [0.1, 0.15) is 31.2 Å². The molecule has 0 spiro atoms. The number of nitrogens with zero attached hydrogens (tertiary/aromatic N) is 9. The zero-order chi connectivity index (χ0) is 66.4. The summed E-state index contributed by atoms with van der Waals surface area (Å²) in [4.78, 5) is 68.9. The van der Waals surface area contributed by atoms with Crippen LogP contribution >= 0.6 is 0 Å².